The van der Waals surface area contributed by atoms with Crippen molar-refractivity contribution in [2.45, 2.75) is 50.6 Å². The predicted molar refractivity (Wildman–Crippen MR) is 566 cm³/mol. The quantitative estimate of drug-likeness (QED) is 0.0598. The second-order valence-corrected chi connectivity index (χ2v) is 37.9. The highest BCUT2D eigenvalue weighted by atomic mass is 35.5. The van der Waals surface area contributed by atoms with E-state index in [1.54, 1.807) is 63.2 Å². The van der Waals surface area contributed by atoms with E-state index >= 15 is 8.78 Å². The molecule has 142 heavy (non-hydrogen) atoms. The van der Waals surface area contributed by atoms with E-state index in [0.717, 1.165) is 214 Å². The molecule has 33 heteroatoms. The Morgan fingerprint density at radius 3 is 0.923 bits per heavy atom. The lowest BCUT2D eigenvalue weighted by atomic mass is 10.0. The van der Waals surface area contributed by atoms with Gasteiger partial charge in [-0.15, -0.1) is 0 Å². The molecule has 1 aliphatic carbocycles. The number of aromatic amines is 5. The largest absolute Gasteiger partial charge is 0.369 e. The van der Waals surface area contributed by atoms with E-state index in [1.807, 2.05) is 158 Å². The molecular weight excluding hydrogens is 1810 g/mol. The first kappa shape index (κ1) is 91.6. The van der Waals surface area contributed by atoms with Gasteiger partial charge in [-0.3, -0.25) is 79.3 Å². The van der Waals surface area contributed by atoms with E-state index in [4.69, 9.17) is 11.6 Å². The predicted octanol–water partition coefficient (Wildman–Crippen LogP) is 15.4. The van der Waals surface area contributed by atoms with Gasteiger partial charge in [0.15, 0.2) is 0 Å². The molecule has 6 fully saturated rings. The Morgan fingerprint density at radius 1 is 0.303 bits per heavy atom. The van der Waals surface area contributed by atoms with Gasteiger partial charge in [-0.2, -0.15) is 0 Å². The Labute approximate surface area is 818 Å². The molecule has 5 saturated heterocycles. The van der Waals surface area contributed by atoms with Crippen LogP contribution in [0.15, 0.2) is 279 Å². The van der Waals surface area contributed by atoms with E-state index in [1.165, 1.54) is 58.6 Å². The highest BCUT2D eigenvalue weighted by molar-refractivity contribution is 6.30. The van der Waals surface area contributed by atoms with E-state index in [9.17, 15) is 24.0 Å². The normalized spacial score (nSPS) is 16.0. The minimum Gasteiger partial charge on any atom is -0.369 e. The first-order chi connectivity index (χ1) is 69.4. The van der Waals surface area contributed by atoms with Gasteiger partial charge in [-0.05, 0) is 198 Å². The molecule has 7 N–H and O–H groups in total. The summed E-state index contributed by atoms with van der Waals surface area (Å²) < 4.78 is 38.1. The maximum Gasteiger partial charge on any atom is 0.280 e. The zero-order valence-electron chi connectivity index (χ0n) is 79.1. The molecule has 0 spiro atoms. The average molecular weight is 1920 g/mol. The van der Waals surface area contributed by atoms with Gasteiger partial charge in [0, 0.05) is 210 Å². The number of hydrogen-bond acceptors (Lipinski definition) is 20. The first-order valence-corrected chi connectivity index (χ1v) is 49.1. The number of piperidine rings is 1. The van der Waals surface area contributed by atoms with Gasteiger partial charge in [0.2, 0.25) is 0 Å². The second-order valence-electron chi connectivity index (χ2n) is 37.5. The van der Waals surface area contributed by atoms with Crippen molar-refractivity contribution in [2.75, 3.05) is 163 Å². The number of para-hydroxylation sites is 4. The van der Waals surface area contributed by atoms with Gasteiger partial charge in [0.05, 0.1) is 122 Å². The smallest absolute Gasteiger partial charge is 0.280 e. The van der Waals surface area contributed by atoms with Crippen molar-refractivity contribution in [1.29, 1.82) is 0 Å². The van der Waals surface area contributed by atoms with E-state index in [2.05, 4.69) is 158 Å². The zero-order chi connectivity index (χ0) is 96.8. The minimum absolute atomic E-state index is 0.0735. The lowest BCUT2D eigenvalue weighted by Gasteiger charge is -2.39. The van der Waals surface area contributed by atoms with Gasteiger partial charge in [0.25, 0.3) is 27.8 Å². The van der Waals surface area contributed by atoms with Crippen LogP contribution < -0.4 is 62.9 Å². The third-order valence-electron chi connectivity index (χ3n) is 28.7. The summed E-state index contributed by atoms with van der Waals surface area (Å²) in [5.41, 5.74) is 15.6. The molecule has 30 nitrogen and oxygen atoms in total. The Bertz CT molecular complexity index is 8370. The Morgan fingerprint density at radius 2 is 0.592 bits per heavy atom. The van der Waals surface area contributed by atoms with Crippen LogP contribution in [0, 0.1) is 11.6 Å². The van der Waals surface area contributed by atoms with Crippen LogP contribution in [-0.2, 0) is 0 Å². The van der Waals surface area contributed by atoms with Crippen LogP contribution in [0.4, 0.5) is 37.2 Å². The van der Waals surface area contributed by atoms with Crippen molar-refractivity contribution in [2.24, 2.45) is 0 Å². The summed E-state index contributed by atoms with van der Waals surface area (Å²) in [5.74, 6) is -0.553. The number of H-pyrrole nitrogens is 5. The van der Waals surface area contributed by atoms with Crippen molar-refractivity contribution >= 4 is 149 Å². The molecule has 0 amide bonds. The van der Waals surface area contributed by atoms with E-state index in [0.29, 0.717) is 88.3 Å². The fourth-order valence-electron chi connectivity index (χ4n) is 20.8. The van der Waals surface area contributed by atoms with Crippen LogP contribution in [0.1, 0.15) is 38.5 Å². The number of anilines is 5. The maximum atomic E-state index is 15.3. The number of benzene rings is 10. The Balaban J connectivity index is 0.000000102. The summed E-state index contributed by atoms with van der Waals surface area (Å²) in [6.07, 6.45) is 15.4. The summed E-state index contributed by atoms with van der Waals surface area (Å²) in [7, 11) is 6.34. The summed E-state index contributed by atoms with van der Waals surface area (Å²) >= 11 is 5.97. The van der Waals surface area contributed by atoms with E-state index in [-0.39, 0.29) is 39.4 Å². The fourth-order valence-corrected chi connectivity index (χ4v) is 20.9. The lowest BCUT2D eigenvalue weighted by Crippen LogP contribution is -2.50. The molecule has 0 bridgehead atoms. The second kappa shape index (κ2) is 39.7. The summed E-state index contributed by atoms with van der Waals surface area (Å²) in [4.78, 5) is 105. The molecule has 10 aromatic carbocycles. The molecule has 15 heterocycles. The van der Waals surface area contributed by atoms with Crippen LogP contribution in [0.3, 0.4) is 0 Å². The number of nitrogens with zero attached hydrogens (tertiary/aromatic N) is 18. The molecule has 0 radical (unpaired) electrons. The monoisotopic (exact) mass is 1920 g/mol. The fraction of sp³-hybridized carbons (Fsp3) is 0.266. The molecule has 1 saturated carbocycles. The number of pyridine rings is 5. The standard InChI is InChI=1S/C25H26FN5O.C23H24FN5O.C21H21N5O.C20H18ClN5O.C20H19N5O/c26-21-14-19-22(15-23(21)30-12-10-29(11-13-30)17-6-4-5-7-17)27-16-20-24(19)28-31(25(20)32)18-8-2-1-3-9-18;1-27(2)15-8-10-28(11-9-15)21-13-20-17(12-19(21)24)22-18(14-25-20)23(30)29(26-22)16-6-4-3-5-7-16;1-24-9-11-25(12-10-24)16-7-8-19-17(13-16)20-18(14-22-19)21(27)26(23-20)15-5-3-2-4-6-15;21-13-1-3-14(4-2-13)26-20(27)17-12-23-18-6-5-15(11-16(18)19(17)24-26)25-9-7-22-8-10-25;26-20-17-13-22-18-7-6-15(24-10-8-21-9-11-24)12-16(18)19(17)23-25(20)14-4-2-1-3-5-14/h1-3,8-9,14-17,28H,4-7,10-13H2;3-7,12-15,26H,8-11H2,1-2H3;2-8,13-14,23H,9-12H2,1H3;1-6,11-12,22,24H,7-10H2;1-7,12-13,21,23H,8-11H2. The summed E-state index contributed by atoms with van der Waals surface area (Å²) in [5, 5.41) is 30.4. The van der Waals surface area contributed by atoms with Gasteiger partial charge >= 0.3 is 0 Å². The van der Waals surface area contributed by atoms with Gasteiger partial charge < -0.3 is 44.9 Å². The Kier molecular flexibility index (Phi) is 25.6. The zero-order valence-corrected chi connectivity index (χ0v) is 79.9. The van der Waals surface area contributed by atoms with Crippen molar-refractivity contribution < 1.29 is 8.78 Å². The minimum atomic E-state index is -0.284. The molecular formula is C109H108ClF2N25O5. The molecule has 0 atom stereocenters. The number of likely N-dealkylation sites (N-methyl/N-ethyl adjacent to an activating group) is 1. The Hall–Kier alpha value is -15.5. The van der Waals surface area contributed by atoms with Gasteiger partial charge in [-0.1, -0.05) is 97.2 Å². The molecule has 6 aliphatic rings. The SMILES string of the molecule is CN(C)C1CCN(c2cc3ncc4c(=O)n(-c5ccccc5)[nH]c4c3cc2F)CC1.CN1CCN(c2ccc3ncc4c(=O)n(-c5ccccc5)[nH]c4c3c2)CC1.O=c1c2cnc3cc(N4CCN(C5CCCC5)CC4)c(F)cc3c2[nH]n1-c1ccccc1.O=c1c2cnc3ccc(N4CCNCC4)cc3c2[nH]n1-c1ccc(Cl)cc1.O=c1c2cnc3ccc(N4CCNCC4)cc3c2[nH]n1-c1ccccc1. The highest BCUT2D eigenvalue weighted by Crippen LogP contribution is 2.37. The van der Waals surface area contributed by atoms with Gasteiger partial charge in [0.1, 0.15) is 11.6 Å². The van der Waals surface area contributed by atoms with Crippen LogP contribution in [-0.4, -0.2) is 240 Å². The molecule has 20 aromatic rings. The lowest BCUT2D eigenvalue weighted by molar-refractivity contribution is 0.187. The van der Waals surface area contributed by atoms with Crippen LogP contribution in [0.25, 0.3) is 137 Å². The van der Waals surface area contributed by atoms with Gasteiger partial charge in [-0.25, -0.2) is 32.2 Å². The topological polar surface area (TPSA) is 303 Å². The van der Waals surface area contributed by atoms with Crippen molar-refractivity contribution in [3.8, 4) is 28.4 Å². The third-order valence-corrected chi connectivity index (χ3v) is 29.0. The number of hydrogen-bond donors (Lipinski definition) is 7. The summed E-state index contributed by atoms with van der Waals surface area (Å²) in [6.45, 7) is 17.2. The highest BCUT2D eigenvalue weighted by Gasteiger charge is 2.31. The summed E-state index contributed by atoms with van der Waals surface area (Å²) in [6, 6.07) is 71.9. The number of fused-ring (bicyclic) bond motifs is 15. The van der Waals surface area contributed by atoms with Crippen molar-refractivity contribution in [3.05, 3.63) is 324 Å². The maximum absolute atomic E-state index is 15.3. The number of rotatable bonds is 12. The van der Waals surface area contributed by atoms with E-state index < -0.39 is 0 Å². The number of aromatic nitrogens is 15. The van der Waals surface area contributed by atoms with Crippen LogP contribution >= 0.6 is 11.6 Å². The van der Waals surface area contributed by atoms with Crippen LogP contribution in [0.5, 0.6) is 0 Å². The number of nitrogens with one attached hydrogen (secondary N) is 7. The third kappa shape index (κ3) is 18.2. The molecule has 5 aliphatic heterocycles. The number of piperazine rings is 4. The van der Waals surface area contributed by atoms with Crippen molar-refractivity contribution in [1.82, 2.24) is 99.2 Å². The average Bonchev–Trinajstić information content (AvgIpc) is 1.58. The van der Waals surface area contributed by atoms with Crippen molar-refractivity contribution in [3.63, 3.8) is 0 Å². The first-order valence-electron chi connectivity index (χ1n) is 48.7. The van der Waals surface area contributed by atoms with Crippen LogP contribution in [0.2, 0.25) is 5.02 Å². The molecule has 720 valence electrons. The number of halogens is 3. The molecule has 26 rings (SSSR count). The molecule has 0 unspecified atom stereocenters. The molecule has 10 aromatic heterocycles.